The summed E-state index contributed by atoms with van der Waals surface area (Å²) in [6, 6.07) is 1.83. The van der Waals surface area contributed by atoms with Crippen LogP contribution in [0.5, 0.6) is 5.75 Å². The summed E-state index contributed by atoms with van der Waals surface area (Å²) >= 11 is 0. The highest BCUT2D eigenvalue weighted by Crippen LogP contribution is 2.68. The number of aromatic hydroxyl groups is 1. The second kappa shape index (κ2) is 8.34. The van der Waals surface area contributed by atoms with E-state index in [-0.39, 0.29) is 34.7 Å². The van der Waals surface area contributed by atoms with Crippen molar-refractivity contribution in [3.8, 4) is 5.75 Å². The zero-order valence-electron chi connectivity index (χ0n) is 21.5. The molecule has 9 unspecified atom stereocenters. The molecule has 4 saturated carbocycles. The van der Waals surface area contributed by atoms with Crippen LogP contribution in [0, 0.1) is 47.3 Å². The number of ketones is 1. The summed E-state index contributed by atoms with van der Waals surface area (Å²) in [4.78, 5) is 29.7. The molecule has 5 rings (SSSR count). The quantitative estimate of drug-likeness (QED) is 0.554. The highest BCUT2D eigenvalue weighted by Gasteiger charge is 2.63. The summed E-state index contributed by atoms with van der Waals surface area (Å²) in [5.74, 6) is 2.78. The molecular formula is C29H41NO4. The van der Waals surface area contributed by atoms with E-state index in [0.717, 1.165) is 30.5 Å². The molecule has 1 heterocycles. The lowest BCUT2D eigenvalue weighted by Crippen LogP contribution is -2.57. The van der Waals surface area contributed by atoms with Gasteiger partial charge in [0.15, 0.2) is 0 Å². The molecule has 5 nitrogen and oxygen atoms in total. The number of carbonyl (C=O) groups excluding carboxylic acids is 2. The van der Waals surface area contributed by atoms with Crippen LogP contribution in [0.25, 0.3) is 0 Å². The van der Waals surface area contributed by atoms with E-state index in [2.05, 4.69) is 25.8 Å². The highest BCUT2D eigenvalue weighted by molar-refractivity contribution is 5.83. The average Bonchev–Trinajstić information content (AvgIpc) is 3.11. The van der Waals surface area contributed by atoms with Crippen molar-refractivity contribution >= 4 is 11.8 Å². The van der Waals surface area contributed by atoms with Crippen molar-refractivity contribution in [3.05, 3.63) is 23.5 Å². The fourth-order valence-corrected chi connectivity index (χ4v) is 9.31. The number of aryl methyl sites for hydroxylation is 1. The first kappa shape index (κ1) is 23.8. The number of hydrogen-bond acceptors (Lipinski definition) is 5. The first-order chi connectivity index (χ1) is 16.0. The number of ether oxygens (including phenoxy) is 1. The minimum absolute atomic E-state index is 0.0263. The molecule has 0 bridgehead atoms. The number of nitrogens with zero attached hydrogens (tertiary/aromatic N) is 1. The van der Waals surface area contributed by atoms with Gasteiger partial charge in [0.1, 0.15) is 17.6 Å². The lowest BCUT2D eigenvalue weighted by atomic mass is 9.44. The van der Waals surface area contributed by atoms with Crippen LogP contribution in [0.15, 0.2) is 12.3 Å². The van der Waals surface area contributed by atoms with Crippen LogP contribution in [0.1, 0.15) is 96.2 Å². The molecule has 0 aromatic carbocycles. The predicted molar refractivity (Wildman–Crippen MR) is 130 cm³/mol. The van der Waals surface area contributed by atoms with Gasteiger partial charge < -0.3 is 9.84 Å². The number of aromatic nitrogens is 1. The number of Topliss-reactive ketones (excluding diaryl/α,β-unsaturated/α-hetero) is 1. The SMILES string of the molecule is CC(=O)OC1CCC2(C)C(C1)C(=O)CC1C2CCC2(C)C(C(C)c3ncc(C)cc3O)CCC12. The first-order valence-corrected chi connectivity index (χ1v) is 13.4. The topological polar surface area (TPSA) is 76.5 Å². The second-order valence-electron chi connectivity index (χ2n) is 12.5. The Labute approximate surface area is 204 Å². The summed E-state index contributed by atoms with van der Waals surface area (Å²) in [5, 5.41) is 10.6. The Morgan fingerprint density at radius 3 is 2.56 bits per heavy atom. The van der Waals surface area contributed by atoms with Crippen LogP contribution in [-0.4, -0.2) is 27.9 Å². The predicted octanol–water partition coefficient (Wildman–Crippen LogP) is 5.97. The van der Waals surface area contributed by atoms with E-state index in [1.54, 1.807) is 0 Å². The molecule has 186 valence electrons. The lowest BCUT2D eigenvalue weighted by molar-refractivity contribution is -0.169. The van der Waals surface area contributed by atoms with E-state index in [4.69, 9.17) is 4.74 Å². The molecular weight excluding hydrogens is 426 g/mol. The van der Waals surface area contributed by atoms with Crippen LogP contribution in [-0.2, 0) is 14.3 Å². The van der Waals surface area contributed by atoms with Crippen LogP contribution in [0.4, 0.5) is 0 Å². The summed E-state index contributed by atoms with van der Waals surface area (Å²) in [5.41, 5.74) is 2.02. The Morgan fingerprint density at radius 1 is 1.15 bits per heavy atom. The molecule has 4 aliphatic rings. The van der Waals surface area contributed by atoms with Crippen LogP contribution in [0.2, 0.25) is 0 Å². The van der Waals surface area contributed by atoms with Crippen molar-refractivity contribution in [2.45, 2.75) is 98.0 Å². The second-order valence-corrected chi connectivity index (χ2v) is 12.5. The Balaban J connectivity index is 1.39. The average molecular weight is 468 g/mol. The Kier molecular flexibility index (Phi) is 5.84. The van der Waals surface area contributed by atoms with Gasteiger partial charge in [0.25, 0.3) is 0 Å². The molecule has 34 heavy (non-hydrogen) atoms. The van der Waals surface area contributed by atoms with Crippen LogP contribution < -0.4 is 0 Å². The third kappa shape index (κ3) is 3.60. The Morgan fingerprint density at radius 2 is 1.85 bits per heavy atom. The van der Waals surface area contributed by atoms with E-state index in [9.17, 15) is 14.7 Å². The number of carbonyl (C=O) groups is 2. The highest BCUT2D eigenvalue weighted by atomic mass is 16.5. The third-order valence-electron chi connectivity index (χ3n) is 10.9. The number of fused-ring (bicyclic) bond motifs is 5. The van der Waals surface area contributed by atoms with E-state index >= 15 is 0 Å². The van der Waals surface area contributed by atoms with Gasteiger partial charge in [-0.15, -0.1) is 0 Å². The monoisotopic (exact) mass is 467 g/mol. The lowest BCUT2D eigenvalue weighted by Gasteiger charge is -2.60. The molecule has 4 fully saturated rings. The maximum Gasteiger partial charge on any atom is 0.302 e. The van der Waals surface area contributed by atoms with Gasteiger partial charge in [0, 0.05) is 31.4 Å². The zero-order valence-corrected chi connectivity index (χ0v) is 21.5. The van der Waals surface area contributed by atoms with Gasteiger partial charge in [0.2, 0.25) is 0 Å². The number of rotatable bonds is 3. The molecule has 0 spiro atoms. The van der Waals surface area contributed by atoms with Crippen LogP contribution >= 0.6 is 0 Å². The van der Waals surface area contributed by atoms with Gasteiger partial charge in [-0.25, -0.2) is 0 Å². The van der Waals surface area contributed by atoms with Crippen molar-refractivity contribution in [3.63, 3.8) is 0 Å². The van der Waals surface area contributed by atoms with Gasteiger partial charge in [-0.1, -0.05) is 20.8 Å². The third-order valence-corrected chi connectivity index (χ3v) is 10.9. The van der Waals surface area contributed by atoms with Crippen molar-refractivity contribution in [2.24, 2.45) is 40.4 Å². The molecule has 1 aromatic rings. The van der Waals surface area contributed by atoms with E-state index in [1.807, 2.05) is 19.2 Å². The fraction of sp³-hybridized carbons (Fsp3) is 0.759. The number of pyridine rings is 1. The minimum Gasteiger partial charge on any atom is -0.506 e. The van der Waals surface area contributed by atoms with Gasteiger partial charge in [-0.05, 0) is 98.0 Å². The van der Waals surface area contributed by atoms with E-state index < -0.39 is 0 Å². The van der Waals surface area contributed by atoms with Gasteiger partial charge in [0.05, 0.1) is 5.69 Å². The van der Waals surface area contributed by atoms with Gasteiger partial charge in [-0.2, -0.15) is 0 Å². The zero-order chi connectivity index (χ0) is 24.4. The van der Waals surface area contributed by atoms with Crippen molar-refractivity contribution in [2.75, 3.05) is 0 Å². The molecule has 0 aliphatic heterocycles. The summed E-state index contributed by atoms with van der Waals surface area (Å²) in [6.45, 7) is 10.5. The maximum absolute atomic E-state index is 13.5. The molecule has 4 aliphatic carbocycles. The van der Waals surface area contributed by atoms with E-state index in [0.29, 0.717) is 48.0 Å². The minimum atomic E-state index is -0.233. The molecule has 1 aromatic heterocycles. The van der Waals surface area contributed by atoms with Gasteiger partial charge in [-0.3, -0.25) is 14.6 Å². The molecule has 0 amide bonds. The summed E-state index contributed by atoms with van der Waals surface area (Å²) < 4.78 is 5.54. The Hall–Kier alpha value is -1.91. The molecule has 0 radical (unpaired) electrons. The normalized spacial score (nSPS) is 42.3. The van der Waals surface area contributed by atoms with Crippen molar-refractivity contribution < 1.29 is 19.4 Å². The fourth-order valence-electron chi connectivity index (χ4n) is 9.31. The Bertz CT molecular complexity index is 990. The van der Waals surface area contributed by atoms with Crippen molar-refractivity contribution in [1.82, 2.24) is 4.98 Å². The largest absolute Gasteiger partial charge is 0.506 e. The molecule has 9 atom stereocenters. The summed E-state index contributed by atoms with van der Waals surface area (Å²) in [7, 11) is 0. The molecule has 0 saturated heterocycles. The summed E-state index contributed by atoms with van der Waals surface area (Å²) in [6.07, 6.45) is 9.69. The number of esters is 1. The standard InChI is InChI=1S/C29H41NO4/c1-16-12-26(33)27(30-15-16)17(2)21-6-7-22-20-14-25(32)24-13-19(34-18(3)31)8-10-29(24,5)23(20)9-11-28(21,22)4/h12,15,17,19-24,33H,6-11,13-14H2,1-5H3. The molecule has 5 heteroatoms. The van der Waals surface area contributed by atoms with E-state index in [1.165, 1.54) is 26.2 Å². The molecule has 1 N–H and O–H groups in total. The van der Waals surface area contributed by atoms with Gasteiger partial charge >= 0.3 is 5.97 Å². The maximum atomic E-state index is 13.5. The first-order valence-electron chi connectivity index (χ1n) is 13.4. The smallest absolute Gasteiger partial charge is 0.302 e. The van der Waals surface area contributed by atoms with Crippen LogP contribution in [0.3, 0.4) is 0 Å². The number of hydrogen-bond donors (Lipinski definition) is 1. The van der Waals surface area contributed by atoms with Crippen molar-refractivity contribution in [1.29, 1.82) is 0 Å².